The summed E-state index contributed by atoms with van der Waals surface area (Å²) in [6.07, 6.45) is 1.64. The molecule has 1 unspecified atom stereocenters. The van der Waals surface area contributed by atoms with Crippen LogP contribution in [0, 0.1) is 12.8 Å². The highest BCUT2D eigenvalue weighted by Gasteiger charge is 2.24. The summed E-state index contributed by atoms with van der Waals surface area (Å²) in [5, 5.41) is 8.12. The van der Waals surface area contributed by atoms with Gasteiger partial charge < -0.3 is 9.30 Å². The lowest BCUT2D eigenvalue weighted by molar-refractivity contribution is -0.143. The number of nitrogens with zero attached hydrogens (tertiary/aromatic N) is 3. The van der Waals surface area contributed by atoms with Crippen molar-refractivity contribution in [1.82, 2.24) is 14.8 Å². The van der Waals surface area contributed by atoms with Gasteiger partial charge in [-0.2, -0.15) is 0 Å². The number of aryl methyl sites for hydroxylation is 1. The molecular formula is C20H27N3O4S2. The van der Waals surface area contributed by atoms with E-state index in [1.165, 1.54) is 11.8 Å². The van der Waals surface area contributed by atoms with Crippen LogP contribution in [0.4, 0.5) is 0 Å². The van der Waals surface area contributed by atoms with Gasteiger partial charge in [0.15, 0.2) is 15.0 Å². The lowest BCUT2D eigenvalue weighted by atomic mass is 10.2. The first kappa shape index (κ1) is 23.2. The van der Waals surface area contributed by atoms with E-state index in [1.807, 2.05) is 20.8 Å². The summed E-state index contributed by atoms with van der Waals surface area (Å²) in [4.78, 5) is 12.4. The molecule has 1 aromatic heterocycles. The van der Waals surface area contributed by atoms with Crippen molar-refractivity contribution in [2.24, 2.45) is 5.92 Å². The summed E-state index contributed by atoms with van der Waals surface area (Å²) in [6, 6.07) is 6.68. The van der Waals surface area contributed by atoms with Crippen LogP contribution in [0.25, 0.3) is 0 Å². The predicted molar refractivity (Wildman–Crippen MR) is 113 cm³/mol. The number of esters is 1. The Bertz CT molecular complexity index is 951. The molecular weight excluding hydrogens is 410 g/mol. The first-order valence-corrected chi connectivity index (χ1v) is 11.8. The van der Waals surface area contributed by atoms with Crippen molar-refractivity contribution in [3.8, 4) is 0 Å². The predicted octanol–water partition coefficient (Wildman–Crippen LogP) is 3.43. The van der Waals surface area contributed by atoms with Gasteiger partial charge in [-0.15, -0.1) is 16.8 Å². The molecule has 0 bridgehead atoms. The van der Waals surface area contributed by atoms with Gasteiger partial charge in [0.05, 0.1) is 11.5 Å². The first-order chi connectivity index (χ1) is 13.6. The molecule has 2 aromatic rings. The summed E-state index contributed by atoms with van der Waals surface area (Å²) >= 11 is 1.19. The Kier molecular flexibility index (Phi) is 8.04. The molecule has 0 radical (unpaired) electrons. The molecule has 0 saturated heterocycles. The first-order valence-electron chi connectivity index (χ1n) is 9.29. The highest BCUT2D eigenvalue weighted by Crippen LogP contribution is 2.25. The second-order valence-electron chi connectivity index (χ2n) is 7.15. The maximum absolute atomic E-state index is 12.8. The lowest BCUT2D eigenvalue weighted by Gasteiger charge is -2.13. The number of benzene rings is 1. The molecule has 0 amide bonds. The van der Waals surface area contributed by atoms with Crippen LogP contribution in [0.5, 0.6) is 0 Å². The molecule has 0 aliphatic rings. The van der Waals surface area contributed by atoms with E-state index in [2.05, 4.69) is 16.8 Å². The molecule has 0 aliphatic carbocycles. The van der Waals surface area contributed by atoms with Crippen molar-refractivity contribution in [3.05, 3.63) is 48.3 Å². The van der Waals surface area contributed by atoms with E-state index >= 15 is 0 Å². The number of ether oxygens (including phenoxy) is 1. The maximum Gasteiger partial charge on any atom is 0.319 e. The van der Waals surface area contributed by atoms with Gasteiger partial charge in [-0.3, -0.25) is 4.79 Å². The summed E-state index contributed by atoms with van der Waals surface area (Å²) in [7, 11) is -3.58. The average Bonchev–Trinajstić information content (AvgIpc) is 3.01. The second-order valence-corrected chi connectivity index (χ2v) is 10.5. The number of hydrogen-bond donors (Lipinski definition) is 0. The second kappa shape index (κ2) is 10.1. The van der Waals surface area contributed by atoms with Crippen LogP contribution in [0.3, 0.4) is 0 Å². The van der Waals surface area contributed by atoms with Gasteiger partial charge in [0.25, 0.3) is 0 Å². The molecule has 9 heteroatoms. The lowest BCUT2D eigenvalue weighted by Crippen LogP contribution is -2.20. The number of thioether (sulfide) groups is 1. The van der Waals surface area contributed by atoms with Crippen molar-refractivity contribution < 1.29 is 17.9 Å². The van der Waals surface area contributed by atoms with Crippen molar-refractivity contribution >= 4 is 27.6 Å². The molecule has 0 N–H and O–H groups in total. The summed E-state index contributed by atoms with van der Waals surface area (Å²) in [5.74, 6) is -0.0792. The van der Waals surface area contributed by atoms with E-state index in [1.54, 1.807) is 41.8 Å². The fourth-order valence-corrected chi connectivity index (χ4v) is 4.54. The minimum Gasteiger partial charge on any atom is -0.465 e. The third-order valence-electron chi connectivity index (χ3n) is 3.98. The minimum absolute atomic E-state index is 0.232. The molecule has 158 valence electrons. The summed E-state index contributed by atoms with van der Waals surface area (Å²) in [6.45, 7) is 12.0. The number of rotatable bonds is 10. The number of carbonyl (C=O) groups is 1. The number of aromatic nitrogens is 3. The summed E-state index contributed by atoms with van der Waals surface area (Å²) in [5.41, 5.74) is 0.982. The molecule has 0 spiro atoms. The SMILES string of the molecule is C=CCn1c(CS(=O)(=O)c2ccc(C)cc2)nnc1SC(C)C(=O)OCC(C)C. The zero-order valence-electron chi connectivity index (χ0n) is 17.2. The zero-order chi connectivity index (χ0) is 21.6. The van der Waals surface area contributed by atoms with E-state index in [4.69, 9.17) is 4.74 Å². The van der Waals surface area contributed by atoms with Crippen molar-refractivity contribution in [2.75, 3.05) is 6.61 Å². The molecule has 1 heterocycles. The van der Waals surface area contributed by atoms with Gasteiger partial charge in [0.1, 0.15) is 16.8 Å². The average molecular weight is 438 g/mol. The topological polar surface area (TPSA) is 91.1 Å². The van der Waals surface area contributed by atoms with Gasteiger partial charge in [0.2, 0.25) is 0 Å². The van der Waals surface area contributed by atoms with Crippen LogP contribution in [0.2, 0.25) is 0 Å². The fraction of sp³-hybridized carbons (Fsp3) is 0.450. The minimum atomic E-state index is -3.58. The van der Waals surface area contributed by atoms with Crippen LogP contribution in [0.1, 0.15) is 32.2 Å². The monoisotopic (exact) mass is 437 g/mol. The van der Waals surface area contributed by atoms with Crippen LogP contribution in [0.15, 0.2) is 47.0 Å². The van der Waals surface area contributed by atoms with Gasteiger partial charge >= 0.3 is 5.97 Å². The van der Waals surface area contributed by atoms with Crippen LogP contribution < -0.4 is 0 Å². The van der Waals surface area contributed by atoms with Crippen LogP contribution in [-0.4, -0.2) is 41.0 Å². The molecule has 1 atom stereocenters. The highest BCUT2D eigenvalue weighted by atomic mass is 32.2. The van der Waals surface area contributed by atoms with E-state index in [9.17, 15) is 13.2 Å². The van der Waals surface area contributed by atoms with E-state index in [0.717, 1.165) is 5.56 Å². The van der Waals surface area contributed by atoms with Crippen LogP contribution >= 0.6 is 11.8 Å². The summed E-state index contributed by atoms with van der Waals surface area (Å²) < 4.78 is 32.5. The van der Waals surface area contributed by atoms with E-state index in [0.29, 0.717) is 24.1 Å². The maximum atomic E-state index is 12.8. The van der Waals surface area contributed by atoms with Crippen molar-refractivity contribution in [2.45, 2.75) is 55.3 Å². The quantitative estimate of drug-likeness (QED) is 0.319. The fourth-order valence-electron chi connectivity index (χ4n) is 2.40. The van der Waals surface area contributed by atoms with E-state index in [-0.39, 0.29) is 22.5 Å². The number of sulfone groups is 1. The van der Waals surface area contributed by atoms with Gasteiger partial charge in [0, 0.05) is 6.54 Å². The smallest absolute Gasteiger partial charge is 0.319 e. The molecule has 1 aromatic carbocycles. The van der Waals surface area contributed by atoms with Crippen molar-refractivity contribution in [3.63, 3.8) is 0 Å². The van der Waals surface area contributed by atoms with Gasteiger partial charge in [-0.05, 0) is 31.9 Å². The number of hydrogen-bond acceptors (Lipinski definition) is 7. The van der Waals surface area contributed by atoms with E-state index < -0.39 is 15.1 Å². The third kappa shape index (κ3) is 6.43. The largest absolute Gasteiger partial charge is 0.465 e. The molecule has 0 fully saturated rings. The Hall–Kier alpha value is -2.13. The molecule has 2 rings (SSSR count). The highest BCUT2D eigenvalue weighted by molar-refractivity contribution is 8.00. The Balaban J connectivity index is 2.20. The molecule has 7 nitrogen and oxygen atoms in total. The number of carbonyl (C=O) groups excluding carboxylic acids is 1. The Labute approximate surface area is 176 Å². The molecule has 0 saturated carbocycles. The van der Waals surface area contributed by atoms with Crippen LogP contribution in [-0.2, 0) is 31.7 Å². The zero-order valence-corrected chi connectivity index (χ0v) is 18.8. The Morgan fingerprint density at radius 1 is 1.24 bits per heavy atom. The third-order valence-corrected chi connectivity index (χ3v) is 6.66. The molecule has 29 heavy (non-hydrogen) atoms. The Morgan fingerprint density at radius 3 is 2.48 bits per heavy atom. The standard InChI is InChI=1S/C20H27N3O4S2/c1-6-11-23-18(13-29(25,26)17-9-7-15(4)8-10-17)21-22-20(23)28-16(5)19(24)27-12-14(2)3/h6-10,14,16H,1,11-13H2,2-5H3. The Morgan fingerprint density at radius 2 is 1.90 bits per heavy atom. The van der Waals surface area contributed by atoms with Crippen molar-refractivity contribution in [1.29, 1.82) is 0 Å². The number of allylic oxidation sites excluding steroid dienone is 1. The van der Waals surface area contributed by atoms with Gasteiger partial charge in [-0.25, -0.2) is 8.42 Å². The normalized spacial score (nSPS) is 12.7. The molecule has 0 aliphatic heterocycles. The van der Waals surface area contributed by atoms with Gasteiger partial charge in [-0.1, -0.05) is 49.4 Å².